The van der Waals surface area contributed by atoms with Crippen LogP contribution in [-0.4, -0.2) is 14.5 Å². The van der Waals surface area contributed by atoms with E-state index < -0.39 is 0 Å². The molecule has 0 aromatic carbocycles. The van der Waals surface area contributed by atoms with Gasteiger partial charge in [-0.25, -0.2) is 0 Å². The zero-order valence-corrected chi connectivity index (χ0v) is 6.54. The summed E-state index contributed by atoms with van der Waals surface area (Å²) in [4.78, 5) is 0. The molecule has 0 radical (unpaired) electrons. The molecule has 0 amide bonds. The van der Waals surface area contributed by atoms with Crippen LogP contribution in [0.4, 0.5) is 0 Å². The van der Waals surface area contributed by atoms with Gasteiger partial charge in [-0.3, -0.25) is 0 Å². The van der Waals surface area contributed by atoms with E-state index in [-0.39, 0.29) is 14.5 Å². The van der Waals surface area contributed by atoms with Crippen LogP contribution in [0, 0.1) is 0 Å². The fourth-order valence-corrected chi connectivity index (χ4v) is 2.45. The van der Waals surface area contributed by atoms with E-state index in [0.29, 0.717) is 0 Å². The molecule has 0 spiro atoms. The van der Waals surface area contributed by atoms with E-state index in [2.05, 4.69) is 0 Å². The predicted octanol–water partition coefficient (Wildman–Crippen LogP) is 2.05. The quantitative estimate of drug-likeness (QED) is 0.562. The van der Waals surface area contributed by atoms with Crippen molar-refractivity contribution in [3.05, 3.63) is 19.9 Å². The first-order valence-corrected chi connectivity index (χ1v) is 4.17. The summed E-state index contributed by atoms with van der Waals surface area (Å²) in [7, 11) is 0. The Kier molecular flexibility index (Phi) is 1.82. The van der Waals surface area contributed by atoms with E-state index in [1.165, 1.54) is 0 Å². The van der Waals surface area contributed by atoms with Crippen molar-refractivity contribution < 1.29 is 0 Å². The van der Waals surface area contributed by atoms with Crippen molar-refractivity contribution >= 4 is 37.7 Å². The van der Waals surface area contributed by atoms with Gasteiger partial charge in [0.1, 0.15) is 0 Å². The van der Waals surface area contributed by atoms with E-state index >= 15 is 0 Å². The van der Waals surface area contributed by atoms with Crippen molar-refractivity contribution in [2.24, 2.45) is 0 Å². The number of hydrogen-bond donors (Lipinski definition) is 0. The fraction of sp³-hybridized carbons (Fsp3) is 0. The van der Waals surface area contributed by atoms with Gasteiger partial charge in [0.2, 0.25) is 0 Å². The Labute approximate surface area is 57.8 Å². The molecular formula is C4H2Cl2Se. The van der Waals surface area contributed by atoms with Gasteiger partial charge in [-0.15, -0.1) is 0 Å². The standard InChI is InChI=1S/C4H2Cl2Se/c5-3-1-2-4(6)7-3/h1-2H. The predicted molar refractivity (Wildman–Crippen MR) is 33.4 cm³/mol. The van der Waals surface area contributed by atoms with Crippen LogP contribution in [0.15, 0.2) is 12.1 Å². The number of hydrogen-bond acceptors (Lipinski definition) is 0. The summed E-state index contributed by atoms with van der Waals surface area (Å²) >= 11 is 11.4. The molecule has 0 atom stereocenters. The molecule has 0 unspecified atom stereocenters. The second-order valence-corrected chi connectivity index (χ2v) is 5.15. The van der Waals surface area contributed by atoms with Crippen LogP contribution in [-0.2, 0) is 0 Å². The molecule has 0 bridgehead atoms. The number of rotatable bonds is 0. The molecule has 3 heteroatoms. The molecule has 7 heavy (non-hydrogen) atoms. The maximum absolute atomic E-state index is 5.56. The Morgan fingerprint density at radius 3 is 1.71 bits per heavy atom. The fourth-order valence-electron chi connectivity index (χ4n) is 0.292. The van der Waals surface area contributed by atoms with Crippen molar-refractivity contribution in [2.75, 3.05) is 0 Å². The first-order chi connectivity index (χ1) is 3.29. The normalized spacial score (nSPS) is 9.43. The Morgan fingerprint density at radius 2 is 1.57 bits per heavy atom. The van der Waals surface area contributed by atoms with Gasteiger partial charge in [0.15, 0.2) is 0 Å². The van der Waals surface area contributed by atoms with Gasteiger partial charge in [0, 0.05) is 0 Å². The van der Waals surface area contributed by atoms with Gasteiger partial charge in [0.25, 0.3) is 0 Å². The minimum absolute atomic E-state index is 0.239. The van der Waals surface area contributed by atoms with Crippen LogP contribution in [0.3, 0.4) is 0 Å². The third kappa shape index (κ3) is 1.50. The molecule has 0 aliphatic carbocycles. The Balaban J connectivity index is 3.04. The van der Waals surface area contributed by atoms with Crippen LogP contribution in [0.5, 0.6) is 0 Å². The minimum atomic E-state index is 0.239. The van der Waals surface area contributed by atoms with E-state index in [9.17, 15) is 0 Å². The molecule has 0 saturated heterocycles. The zero-order chi connectivity index (χ0) is 5.28. The molecule has 0 aliphatic rings. The summed E-state index contributed by atoms with van der Waals surface area (Å²) in [6, 6.07) is 3.67. The van der Waals surface area contributed by atoms with Gasteiger partial charge in [-0.1, -0.05) is 0 Å². The summed E-state index contributed by atoms with van der Waals surface area (Å²) in [5.41, 5.74) is 0. The summed E-state index contributed by atoms with van der Waals surface area (Å²) in [6.07, 6.45) is 0. The van der Waals surface area contributed by atoms with Crippen LogP contribution in [0.25, 0.3) is 0 Å². The van der Waals surface area contributed by atoms with Crippen LogP contribution in [0.1, 0.15) is 0 Å². The van der Waals surface area contributed by atoms with Crippen molar-refractivity contribution in [3.8, 4) is 0 Å². The molecule has 1 rings (SSSR count). The van der Waals surface area contributed by atoms with Crippen molar-refractivity contribution in [1.29, 1.82) is 0 Å². The molecule has 0 N–H and O–H groups in total. The number of halogens is 2. The van der Waals surface area contributed by atoms with Crippen LogP contribution < -0.4 is 0 Å². The zero-order valence-electron chi connectivity index (χ0n) is 3.32. The molecule has 0 fully saturated rings. The molecule has 1 heterocycles. The second kappa shape index (κ2) is 2.23. The first kappa shape index (κ1) is 5.71. The van der Waals surface area contributed by atoms with Gasteiger partial charge in [-0.2, -0.15) is 0 Å². The molecule has 0 aliphatic heterocycles. The van der Waals surface area contributed by atoms with Gasteiger partial charge >= 0.3 is 57.6 Å². The Morgan fingerprint density at radius 1 is 1.14 bits per heavy atom. The van der Waals surface area contributed by atoms with Gasteiger partial charge in [-0.05, 0) is 0 Å². The van der Waals surface area contributed by atoms with Gasteiger partial charge < -0.3 is 0 Å². The van der Waals surface area contributed by atoms with Crippen molar-refractivity contribution in [2.45, 2.75) is 0 Å². The third-order valence-corrected chi connectivity index (χ3v) is 2.98. The maximum atomic E-state index is 5.56. The van der Waals surface area contributed by atoms with Gasteiger partial charge in [0.05, 0.1) is 0 Å². The summed E-state index contributed by atoms with van der Waals surface area (Å²) < 4.78 is 1.77. The SMILES string of the molecule is Clc1ccc(Cl)[se]1. The summed E-state index contributed by atoms with van der Waals surface area (Å²) in [6.45, 7) is 0. The monoisotopic (exact) mass is 200 g/mol. The summed E-state index contributed by atoms with van der Waals surface area (Å²) in [5.74, 6) is 0. The molecule has 0 saturated carbocycles. The molecular weight excluding hydrogens is 198 g/mol. The Bertz CT molecular complexity index is 142. The van der Waals surface area contributed by atoms with E-state index in [1.54, 1.807) is 0 Å². The molecule has 0 nitrogen and oxygen atoms in total. The van der Waals surface area contributed by atoms with E-state index in [0.717, 1.165) is 7.79 Å². The summed E-state index contributed by atoms with van der Waals surface area (Å²) in [5, 5.41) is 0. The van der Waals surface area contributed by atoms with Crippen LogP contribution in [0.2, 0.25) is 7.79 Å². The third-order valence-electron chi connectivity index (χ3n) is 0.540. The second-order valence-electron chi connectivity index (χ2n) is 1.04. The van der Waals surface area contributed by atoms with Crippen LogP contribution >= 0.6 is 23.2 Å². The average molecular weight is 200 g/mol. The molecule has 1 aromatic rings. The van der Waals surface area contributed by atoms with Crippen molar-refractivity contribution in [3.63, 3.8) is 0 Å². The Hall–Kier alpha value is 0.579. The topological polar surface area (TPSA) is 0 Å². The van der Waals surface area contributed by atoms with E-state index in [1.807, 2.05) is 12.1 Å². The van der Waals surface area contributed by atoms with Crippen molar-refractivity contribution in [1.82, 2.24) is 0 Å². The molecule has 1 aromatic heterocycles. The first-order valence-electron chi connectivity index (χ1n) is 1.70. The molecule has 38 valence electrons. The average Bonchev–Trinajstić information content (AvgIpc) is 1.87. The van der Waals surface area contributed by atoms with E-state index in [4.69, 9.17) is 23.2 Å².